The normalized spacial score (nSPS) is 26.1. The van der Waals surface area contributed by atoms with E-state index in [1.807, 2.05) is 12.1 Å². The Morgan fingerprint density at radius 2 is 2.24 bits per heavy atom. The number of hydrogen-bond acceptors (Lipinski definition) is 2. The third kappa shape index (κ3) is 2.60. The van der Waals surface area contributed by atoms with Crippen LogP contribution in [0.15, 0.2) is 18.2 Å². The summed E-state index contributed by atoms with van der Waals surface area (Å²) in [5, 5.41) is 11.3. The van der Waals surface area contributed by atoms with Crippen molar-refractivity contribution in [2.75, 3.05) is 6.61 Å². The van der Waals surface area contributed by atoms with E-state index in [0.717, 1.165) is 12.8 Å². The quantitative estimate of drug-likeness (QED) is 0.908. The van der Waals surface area contributed by atoms with Gasteiger partial charge in [-0.05, 0) is 18.9 Å². The Labute approximate surface area is 111 Å². The first-order chi connectivity index (χ1) is 8.15. The van der Waals surface area contributed by atoms with Crippen molar-refractivity contribution in [2.45, 2.75) is 32.0 Å². The molecular formula is C13H16Cl2O2. The van der Waals surface area contributed by atoms with Crippen molar-refractivity contribution in [3.8, 4) is 0 Å². The molecule has 0 spiro atoms. The average molecular weight is 275 g/mol. The van der Waals surface area contributed by atoms with E-state index in [0.29, 0.717) is 22.2 Å². The van der Waals surface area contributed by atoms with E-state index in [1.165, 1.54) is 0 Å². The van der Waals surface area contributed by atoms with Gasteiger partial charge in [-0.25, -0.2) is 0 Å². The molecule has 94 valence electrons. The van der Waals surface area contributed by atoms with Gasteiger partial charge in [-0.3, -0.25) is 0 Å². The second-order valence-corrected chi connectivity index (χ2v) is 5.14. The summed E-state index contributed by atoms with van der Waals surface area (Å²) in [7, 11) is 0. The lowest BCUT2D eigenvalue weighted by atomic mass is 9.89. The third-order valence-electron chi connectivity index (χ3n) is 3.37. The molecule has 0 aromatic heterocycles. The van der Waals surface area contributed by atoms with E-state index in [-0.39, 0.29) is 12.0 Å². The maximum Gasteiger partial charge on any atom is 0.0858 e. The molecule has 17 heavy (non-hydrogen) atoms. The highest BCUT2D eigenvalue weighted by atomic mass is 35.5. The Morgan fingerprint density at radius 1 is 1.47 bits per heavy atom. The Morgan fingerprint density at radius 3 is 2.94 bits per heavy atom. The van der Waals surface area contributed by atoms with Crippen molar-refractivity contribution in [3.63, 3.8) is 0 Å². The van der Waals surface area contributed by atoms with Crippen LogP contribution in [0, 0.1) is 5.92 Å². The number of benzene rings is 1. The number of aliphatic hydroxyl groups excluding tert-OH is 1. The summed E-state index contributed by atoms with van der Waals surface area (Å²) in [5.41, 5.74) is 0.702. The fourth-order valence-electron chi connectivity index (χ4n) is 2.43. The zero-order chi connectivity index (χ0) is 12.4. The minimum Gasteiger partial charge on any atom is -0.388 e. The number of aliphatic hydroxyl groups is 1. The maximum absolute atomic E-state index is 10.4. The molecule has 0 radical (unpaired) electrons. The molecule has 3 atom stereocenters. The Hall–Kier alpha value is -0.280. The lowest BCUT2D eigenvalue weighted by molar-refractivity contribution is 0.0308. The lowest BCUT2D eigenvalue weighted by Crippen LogP contribution is -2.22. The second kappa shape index (κ2) is 5.57. The van der Waals surface area contributed by atoms with Crippen LogP contribution in [0.4, 0.5) is 0 Å². The summed E-state index contributed by atoms with van der Waals surface area (Å²) in [5.74, 6) is 0.107. The van der Waals surface area contributed by atoms with Gasteiger partial charge in [-0.1, -0.05) is 42.3 Å². The monoisotopic (exact) mass is 274 g/mol. The Bertz CT molecular complexity index is 395. The van der Waals surface area contributed by atoms with Crippen LogP contribution in [0.25, 0.3) is 0 Å². The molecule has 3 unspecified atom stereocenters. The smallest absolute Gasteiger partial charge is 0.0858 e. The summed E-state index contributed by atoms with van der Waals surface area (Å²) in [6.45, 7) is 2.77. The van der Waals surface area contributed by atoms with Crippen LogP contribution in [0.3, 0.4) is 0 Å². The first kappa shape index (κ1) is 13.2. The van der Waals surface area contributed by atoms with Crippen LogP contribution < -0.4 is 0 Å². The minimum absolute atomic E-state index is 0.107. The SMILES string of the molecule is CCC1OCCC1C(O)c1cccc(Cl)c1Cl. The zero-order valence-electron chi connectivity index (χ0n) is 9.70. The molecule has 4 heteroatoms. The summed E-state index contributed by atoms with van der Waals surface area (Å²) in [6.07, 6.45) is 1.27. The third-order valence-corrected chi connectivity index (χ3v) is 4.20. The molecule has 0 amide bonds. The highest BCUT2D eigenvalue weighted by molar-refractivity contribution is 6.42. The van der Waals surface area contributed by atoms with E-state index in [2.05, 4.69) is 6.92 Å². The highest BCUT2D eigenvalue weighted by Gasteiger charge is 2.34. The molecule has 1 aromatic rings. The van der Waals surface area contributed by atoms with Gasteiger partial charge in [0.1, 0.15) is 0 Å². The predicted octanol–water partition coefficient (Wildman–Crippen LogP) is 3.84. The molecule has 1 saturated heterocycles. The van der Waals surface area contributed by atoms with Crippen molar-refractivity contribution < 1.29 is 9.84 Å². The van der Waals surface area contributed by atoms with Gasteiger partial charge in [0.25, 0.3) is 0 Å². The Balaban J connectivity index is 2.24. The fraction of sp³-hybridized carbons (Fsp3) is 0.538. The van der Waals surface area contributed by atoms with Gasteiger partial charge in [-0.2, -0.15) is 0 Å². The molecule has 1 fully saturated rings. The van der Waals surface area contributed by atoms with Crippen molar-refractivity contribution in [1.29, 1.82) is 0 Å². The van der Waals surface area contributed by atoms with Crippen molar-refractivity contribution in [2.24, 2.45) is 5.92 Å². The van der Waals surface area contributed by atoms with E-state index >= 15 is 0 Å². The molecular weight excluding hydrogens is 259 g/mol. The van der Waals surface area contributed by atoms with Gasteiger partial charge in [0, 0.05) is 18.1 Å². The molecule has 0 aliphatic carbocycles. The summed E-state index contributed by atoms with van der Waals surface area (Å²) >= 11 is 12.1. The zero-order valence-corrected chi connectivity index (χ0v) is 11.2. The molecule has 1 aromatic carbocycles. The van der Waals surface area contributed by atoms with Crippen LogP contribution in [0.1, 0.15) is 31.4 Å². The van der Waals surface area contributed by atoms with Crippen LogP contribution >= 0.6 is 23.2 Å². The molecule has 2 rings (SSSR count). The predicted molar refractivity (Wildman–Crippen MR) is 69.6 cm³/mol. The summed E-state index contributed by atoms with van der Waals surface area (Å²) in [6, 6.07) is 5.36. The van der Waals surface area contributed by atoms with Gasteiger partial charge in [0.05, 0.1) is 22.3 Å². The minimum atomic E-state index is -0.603. The molecule has 1 aliphatic rings. The number of hydrogen-bond donors (Lipinski definition) is 1. The Kier molecular flexibility index (Phi) is 4.31. The summed E-state index contributed by atoms with van der Waals surface area (Å²) in [4.78, 5) is 0. The van der Waals surface area contributed by atoms with E-state index in [9.17, 15) is 5.11 Å². The van der Waals surface area contributed by atoms with E-state index in [4.69, 9.17) is 27.9 Å². The molecule has 2 nitrogen and oxygen atoms in total. The second-order valence-electron chi connectivity index (χ2n) is 4.36. The molecule has 0 bridgehead atoms. The molecule has 1 aliphatic heterocycles. The van der Waals surface area contributed by atoms with Gasteiger partial charge in [-0.15, -0.1) is 0 Å². The van der Waals surface area contributed by atoms with Crippen molar-refractivity contribution in [1.82, 2.24) is 0 Å². The van der Waals surface area contributed by atoms with Gasteiger partial charge < -0.3 is 9.84 Å². The molecule has 1 N–H and O–H groups in total. The number of ether oxygens (including phenoxy) is 1. The fourth-order valence-corrected chi connectivity index (χ4v) is 2.85. The van der Waals surface area contributed by atoms with Gasteiger partial charge in [0.2, 0.25) is 0 Å². The van der Waals surface area contributed by atoms with E-state index in [1.54, 1.807) is 6.07 Å². The number of halogens is 2. The highest BCUT2D eigenvalue weighted by Crippen LogP contribution is 2.39. The van der Waals surface area contributed by atoms with E-state index < -0.39 is 6.10 Å². The van der Waals surface area contributed by atoms with Crippen LogP contribution in [0.2, 0.25) is 10.0 Å². The standard InChI is InChI=1S/C13H16Cl2O2/c1-2-11-8(6-7-17-11)13(16)9-4-3-5-10(14)12(9)15/h3-5,8,11,13,16H,2,6-7H2,1H3. The van der Waals surface area contributed by atoms with Crippen molar-refractivity contribution >= 4 is 23.2 Å². The van der Waals surface area contributed by atoms with Gasteiger partial charge >= 0.3 is 0 Å². The maximum atomic E-state index is 10.4. The first-order valence-corrected chi connectivity index (χ1v) is 6.64. The lowest BCUT2D eigenvalue weighted by Gasteiger charge is -2.24. The van der Waals surface area contributed by atoms with Crippen molar-refractivity contribution in [3.05, 3.63) is 33.8 Å². The van der Waals surface area contributed by atoms with Crippen LogP contribution in [-0.2, 0) is 4.74 Å². The van der Waals surface area contributed by atoms with Gasteiger partial charge in [0.15, 0.2) is 0 Å². The molecule has 1 heterocycles. The largest absolute Gasteiger partial charge is 0.388 e. The first-order valence-electron chi connectivity index (χ1n) is 5.88. The van der Waals surface area contributed by atoms with Crippen LogP contribution in [0.5, 0.6) is 0 Å². The number of rotatable bonds is 3. The topological polar surface area (TPSA) is 29.5 Å². The molecule has 0 saturated carbocycles. The van der Waals surface area contributed by atoms with Crippen LogP contribution in [-0.4, -0.2) is 17.8 Å². The summed E-state index contributed by atoms with van der Waals surface area (Å²) < 4.78 is 5.59. The average Bonchev–Trinajstić information content (AvgIpc) is 2.80.